The van der Waals surface area contributed by atoms with E-state index in [0.717, 1.165) is 34.0 Å². The molecule has 0 aromatic heterocycles. The number of methoxy groups -OCH3 is 1. The third-order valence-corrected chi connectivity index (χ3v) is 7.62. The predicted molar refractivity (Wildman–Crippen MR) is 141 cm³/mol. The van der Waals surface area contributed by atoms with Crippen LogP contribution in [0.4, 0.5) is 0 Å². The molecule has 0 fully saturated rings. The summed E-state index contributed by atoms with van der Waals surface area (Å²) in [5.74, 6) is -0.287. The summed E-state index contributed by atoms with van der Waals surface area (Å²) in [7, 11) is 1.45. The predicted octanol–water partition coefficient (Wildman–Crippen LogP) is 8.86. The Morgan fingerprint density at radius 1 is 0.848 bits per heavy atom. The van der Waals surface area contributed by atoms with Gasteiger partial charge in [0.05, 0.1) is 12.7 Å². The number of hydrogen-bond donors (Lipinski definition) is 0. The summed E-state index contributed by atoms with van der Waals surface area (Å²) in [6.45, 7) is 6.56. The zero-order valence-electron chi connectivity index (χ0n) is 20.1. The molecular formula is C30H33BrO2. The summed E-state index contributed by atoms with van der Waals surface area (Å²) in [5.41, 5.74) is 9.25. The van der Waals surface area contributed by atoms with E-state index in [-0.39, 0.29) is 11.4 Å². The van der Waals surface area contributed by atoms with E-state index in [1.54, 1.807) is 0 Å². The maximum absolute atomic E-state index is 12.6. The number of fused-ring (bicyclic) bond motifs is 3. The van der Waals surface area contributed by atoms with Crippen LogP contribution in [-0.2, 0) is 10.2 Å². The lowest BCUT2D eigenvalue weighted by Crippen LogP contribution is -2.25. The lowest BCUT2D eigenvalue weighted by Gasteiger charge is -2.33. The molecule has 0 N–H and O–H groups in total. The van der Waals surface area contributed by atoms with Crippen molar-refractivity contribution in [3.63, 3.8) is 0 Å². The molecule has 0 spiro atoms. The summed E-state index contributed by atoms with van der Waals surface area (Å²) in [6, 6.07) is 19.6. The molecule has 3 heteroatoms. The van der Waals surface area contributed by atoms with Crippen molar-refractivity contribution in [2.45, 2.75) is 64.7 Å². The van der Waals surface area contributed by atoms with E-state index < -0.39 is 0 Å². The Balaban J connectivity index is 1.95. The van der Waals surface area contributed by atoms with Crippen LogP contribution >= 0.6 is 15.9 Å². The molecule has 4 rings (SSSR count). The van der Waals surface area contributed by atoms with Crippen molar-refractivity contribution in [2.24, 2.45) is 0 Å². The molecule has 1 aliphatic rings. The van der Waals surface area contributed by atoms with Crippen LogP contribution in [0.3, 0.4) is 0 Å². The SMILES string of the molecule is CCCCC1(CCCC)c2cc(Br)ccc2-c2ccc(-c3ccc(C)cc3C(=O)OC)cc21. The molecule has 0 heterocycles. The first-order valence-corrected chi connectivity index (χ1v) is 12.9. The molecule has 3 aromatic rings. The topological polar surface area (TPSA) is 26.3 Å². The molecule has 2 nitrogen and oxygen atoms in total. The molecule has 0 saturated heterocycles. The van der Waals surface area contributed by atoms with Gasteiger partial charge in [-0.3, -0.25) is 0 Å². The summed E-state index contributed by atoms with van der Waals surface area (Å²) >= 11 is 3.74. The van der Waals surface area contributed by atoms with Crippen LogP contribution in [0.1, 0.15) is 79.4 Å². The zero-order valence-corrected chi connectivity index (χ0v) is 21.7. The number of carbonyl (C=O) groups excluding carboxylic acids is 1. The first kappa shape index (κ1) is 23.8. The van der Waals surface area contributed by atoms with Crippen molar-refractivity contribution < 1.29 is 9.53 Å². The van der Waals surface area contributed by atoms with Crippen LogP contribution in [-0.4, -0.2) is 13.1 Å². The third kappa shape index (κ3) is 4.28. The van der Waals surface area contributed by atoms with Gasteiger partial charge in [-0.25, -0.2) is 4.79 Å². The van der Waals surface area contributed by atoms with Gasteiger partial charge in [0.25, 0.3) is 0 Å². The molecule has 0 amide bonds. The number of benzene rings is 3. The Morgan fingerprint density at radius 2 is 1.45 bits per heavy atom. The number of halogens is 1. The fourth-order valence-corrected chi connectivity index (χ4v) is 5.81. The minimum absolute atomic E-state index is 0.00655. The molecule has 172 valence electrons. The van der Waals surface area contributed by atoms with Crippen molar-refractivity contribution >= 4 is 21.9 Å². The summed E-state index contributed by atoms with van der Waals surface area (Å²) < 4.78 is 6.25. The van der Waals surface area contributed by atoms with Crippen LogP contribution in [0.2, 0.25) is 0 Å². The number of esters is 1. The Morgan fingerprint density at radius 3 is 2.09 bits per heavy atom. The van der Waals surface area contributed by atoms with E-state index in [0.29, 0.717) is 5.56 Å². The smallest absolute Gasteiger partial charge is 0.338 e. The maximum atomic E-state index is 12.6. The number of unbranched alkanes of at least 4 members (excludes halogenated alkanes) is 2. The molecule has 3 aromatic carbocycles. The number of hydrogen-bond acceptors (Lipinski definition) is 2. The zero-order chi connectivity index (χ0) is 23.6. The third-order valence-electron chi connectivity index (χ3n) is 7.13. The van der Waals surface area contributed by atoms with E-state index in [1.165, 1.54) is 55.0 Å². The molecule has 0 aliphatic heterocycles. The lowest BCUT2D eigenvalue weighted by atomic mass is 9.70. The van der Waals surface area contributed by atoms with Crippen molar-refractivity contribution in [3.05, 3.63) is 81.3 Å². The van der Waals surface area contributed by atoms with Crippen molar-refractivity contribution in [3.8, 4) is 22.3 Å². The van der Waals surface area contributed by atoms with E-state index in [1.807, 2.05) is 13.0 Å². The van der Waals surface area contributed by atoms with Gasteiger partial charge in [-0.1, -0.05) is 91.4 Å². The molecule has 33 heavy (non-hydrogen) atoms. The van der Waals surface area contributed by atoms with Gasteiger partial charge in [0.2, 0.25) is 0 Å². The van der Waals surface area contributed by atoms with Gasteiger partial charge < -0.3 is 4.74 Å². The van der Waals surface area contributed by atoms with E-state index in [2.05, 4.69) is 78.3 Å². The largest absolute Gasteiger partial charge is 0.465 e. The monoisotopic (exact) mass is 504 g/mol. The fourth-order valence-electron chi connectivity index (χ4n) is 5.44. The second kappa shape index (κ2) is 9.85. The Labute approximate surface area is 206 Å². The van der Waals surface area contributed by atoms with Crippen LogP contribution in [0.25, 0.3) is 22.3 Å². The minimum Gasteiger partial charge on any atom is -0.465 e. The van der Waals surface area contributed by atoms with Crippen molar-refractivity contribution in [1.82, 2.24) is 0 Å². The van der Waals surface area contributed by atoms with Crippen molar-refractivity contribution in [1.29, 1.82) is 0 Å². The average molecular weight is 505 g/mol. The summed E-state index contributed by atoms with van der Waals surface area (Å²) in [4.78, 5) is 12.6. The second-order valence-electron chi connectivity index (χ2n) is 9.28. The van der Waals surface area contributed by atoms with Gasteiger partial charge in [0.1, 0.15) is 0 Å². The number of ether oxygens (including phenoxy) is 1. The molecule has 0 saturated carbocycles. The molecule has 0 radical (unpaired) electrons. The highest BCUT2D eigenvalue weighted by atomic mass is 79.9. The Bertz CT molecular complexity index is 1170. The molecule has 0 unspecified atom stereocenters. The average Bonchev–Trinajstić information content (AvgIpc) is 3.09. The highest BCUT2D eigenvalue weighted by Gasteiger charge is 2.42. The highest BCUT2D eigenvalue weighted by Crippen LogP contribution is 2.55. The molecule has 0 bridgehead atoms. The van der Waals surface area contributed by atoms with Crippen molar-refractivity contribution in [2.75, 3.05) is 7.11 Å². The quantitative estimate of drug-likeness (QED) is 0.286. The van der Waals surface area contributed by atoms with Gasteiger partial charge >= 0.3 is 5.97 Å². The van der Waals surface area contributed by atoms with Gasteiger partial charge in [-0.2, -0.15) is 0 Å². The molecule has 1 aliphatic carbocycles. The van der Waals surface area contributed by atoms with E-state index in [9.17, 15) is 4.79 Å². The van der Waals surface area contributed by atoms with E-state index in [4.69, 9.17) is 4.74 Å². The highest BCUT2D eigenvalue weighted by molar-refractivity contribution is 9.10. The first-order chi connectivity index (χ1) is 15.9. The fraction of sp³-hybridized carbons (Fsp3) is 0.367. The normalized spacial score (nSPS) is 13.5. The first-order valence-electron chi connectivity index (χ1n) is 12.1. The number of carbonyl (C=O) groups is 1. The number of aryl methyl sites for hydroxylation is 1. The van der Waals surface area contributed by atoms with Crippen LogP contribution < -0.4 is 0 Å². The molecule has 0 atom stereocenters. The lowest BCUT2D eigenvalue weighted by molar-refractivity contribution is 0.0601. The Kier molecular flexibility index (Phi) is 7.09. The number of rotatable bonds is 8. The van der Waals surface area contributed by atoms with Gasteiger partial charge in [-0.05, 0) is 77.4 Å². The second-order valence-corrected chi connectivity index (χ2v) is 10.2. The van der Waals surface area contributed by atoms with Crippen LogP contribution in [0.15, 0.2) is 59.1 Å². The van der Waals surface area contributed by atoms with Crippen LogP contribution in [0, 0.1) is 6.92 Å². The van der Waals surface area contributed by atoms with Gasteiger partial charge in [0, 0.05) is 9.89 Å². The van der Waals surface area contributed by atoms with E-state index >= 15 is 0 Å². The molecular weight excluding hydrogens is 472 g/mol. The van der Waals surface area contributed by atoms with Crippen LogP contribution in [0.5, 0.6) is 0 Å². The minimum atomic E-state index is -0.287. The van der Waals surface area contributed by atoms with Gasteiger partial charge in [0.15, 0.2) is 0 Å². The maximum Gasteiger partial charge on any atom is 0.338 e. The summed E-state index contributed by atoms with van der Waals surface area (Å²) in [5, 5.41) is 0. The standard InChI is InChI=1S/C30H33BrO2/c1-5-7-15-30(16-8-6-2)27-18-21(23-12-9-20(3)17-26(23)29(32)33-4)10-13-24(27)25-14-11-22(31)19-28(25)30/h9-14,17-19H,5-8,15-16H2,1-4H3. The summed E-state index contributed by atoms with van der Waals surface area (Å²) in [6.07, 6.45) is 7.02. The Hall–Kier alpha value is -2.39. The van der Waals surface area contributed by atoms with Gasteiger partial charge in [-0.15, -0.1) is 0 Å².